The van der Waals surface area contributed by atoms with E-state index in [1.165, 1.54) is 25.8 Å². The van der Waals surface area contributed by atoms with Crippen LogP contribution < -0.4 is 0 Å². The van der Waals surface area contributed by atoms with Gasteiger partial charge in [0.2, 0.25) is 0 Å². The summed E-state index contributed by atoms with van der Waals surface area (Å²) < 4.78 is 11.5. The monoisotopic (exact) mass is 199 g/mol. The Kier molecular flexibility index (Phi) is 3.79. The van der Waals surface area contributed by atoms with E-state index in [4.69, 9.17) is 9.47 Å². The molecule has 0 spiro atoms. The molecule has 0 saturated carbocycles. The minimum absolute atomic E-state index is 0.0885. The first-order chi connectivity index (χ1) is 6.88. The summed E-state index contributed by atoms with van der Waals surface area (Å²) in [5, 5.41) is 0. The van der Waals surface area contributed by atoms with Crippen LogP contribution in [0, 0.1) is 0 Å². The Bertz CT molecular complexity index is 169. The number of hydrogen-bond acceptors (Lipinski definition) is 3. The van der Waals surface area contributed by atoms with Crippen LogP contribution in [0.25, 0.3) is 0 Å². The molecule has 2 rings (SSSR count). The topological polar surface area (TPSA) is 21.7 Å². The molecule has 2 aliphatic rings. The van der Waals surface area contributed by atoms with Gasteiger partial charge in [-0.1, -0.05) is 6.92 Å². The van der Waals surface area contributed by atoms with Crippen molar-refractivity contribution in [2.45, 2.75) is 45.0 Å². The third-order valence-electron chi connectivity index (χ3n) is 3.16. The summed E-state index contributed by atoms with van der Waals surface area (Å²) >= 11 is 0. The van der Waals surface area contributed by atoms with Gasteiger partial charge in [-0.3, -0.25) is 0 Å². The Morgan fingerprint density at radius 1 is 1.36 bits per heavy atom. The third kappa shape index (κ3) is 2.69. The largest absolute Gasteiger partial charge is 0.353 e. The molecule has 2 aliphatic heterocycles. The highest BCUT2D eigenvalue weighted by atomic mass is 16.7. The standard InChI is InChI=1S/C11H21NO2/c1-2-12-7-6-10(9-12)14-11-5-3-4-8-13-11/h10-11H,2-9H2,1H3. The predicted octanol–water partition coefficient (Wildman–Crippen LogP) is 1.62. The van der Waals surface area contributed by atoms with Crippen molar-refractivity contribution < 1.29 is 9.47 Å². The van der Waals surface area contributed by atoms with Gasteiger partial charge in [0.05, 0.1) is 6.10 Å². The molecule has 0 aromatic heterocycles. The molecule has 82 valence electrons. The third-order valence-corrected chi connectivity index (χ3v) is 3.16. The lowest BCUT2D eigenvalue weighted by atomic mass is 10.2. The summed E-state index contributed by atoms with van der Waals surface area (Å²) in [6.07, 6.45) is 5.22. The molecule has 2 heterocycles. The maximum Gasteiger partial charge on any atom is 0.158 e. The normalized spacial score (nSPS) is 34.9. The fourth-order valence-corrected chi connectivity index (χ4v) is 2.23. The van der Waals surface area contributed by atoms with Crippen molar-refractivity contribution in [3.05, 3.63) is 0 Å². The van der Waals surface area contributed by atoms with E-state index >= 15 is 0 Å². The van der Waals surface area contributed by atoms with Gasteiger partial charge in [-0.2, -0.15) is 0 Å². The lowest BCUT2D eigenvalue weighted by Gasteiger charge is -2.25. The van der Waals surface area contributed by atoms with E-state index in [2.05, 4.69) is 11.8 Å². The van der Waals surface area contributed by atoms with E-state index in [9.17, 15) is 0 Å². The molecule has 0 aliphatic carbocycles. The van der Waals surface area contributed by atoms with Crippen LogP contribution in [0.2, 0.25) is 0 Å². The number of ether oxygens (including phenoxy) is 2. The fourth-order valence-electron chi connectivity index (χ4n) is 2.23. The van der Waals surface area contributed by atoms with Gasteiger partial charge < -0.3 is 14.4 Å². The number of likely N-dealkylation sites (tertiary alicyclic amines) is 1. The zero-order valence-corrected chi connectivity index (χ0v) is 9.08. The Morgan fingerprint density at radius 3 is 2.93 bits per heavy atom. The van der Waals surface area contributed by atoms with E-state index in [0.717, 1.165) is 26.1 Å². The molecule has 3 heteroatoms. The van der Waals surface area contributed by atoms with Gasteiger partial charge >= 0.3 is 0 Å². The Hall–Kier alpha value is -0.120. The minimum Gasteiger partial charge on any atom is -0.353 e. The maximum absolute atomic E-state index is 5.92. The van der Waals surface area contributed by atoms with E-state index in [1.54, 1.807) is 0 Å². The minimum atomic E-state index is 0.0885. The molecule has 0 aromatic rings. The fraction of sp³-hybridized carbons (Fsp3) is 1.00. The number of rotatable bonds is 3. The van der Waals surface area contributed by atoms with Crippen molar-refractivity contribution in [1.29, 1.82) is 0 Å². The van der Waals surface area contributed by atoms with Gasteiger partial charge in [0.1, 0.15) is 0 Å². The van der Waals surface area contributed by atoms with Crippen LogP contribution in [-0.4, -0.2) is 43.5 Å². The second-order valence-electron chi connectivity index (χ2n) is 4.24. The lowest BCUT2D eigenvalue weighted by Crippen LogP contribution is -2.30. The van der Waals surface area contributed by atoms with Crippen LogP contribution in [0.15, 0.2) is 0 Å². The van der Waals surface area contributed by atoms with E-state index in [1.807, 2.05) is 0 Å². The van der Waals surface area contributed by atoms with Crippen LogP contribution >= 0.6 is 0 Å². The second-order valence-corrected chi connectivity index (χ2v) is 4.24. The van der Waals surface area contributed by atoms with E-state index < -0.39 is 0 Å². The summed E-state index contributed by atoms with van der Waals surface area (Å²) in [7, 11) is 0. The summed E-state index contributed by atoms with van der Waals surface area (Å²) in [6, 6.07) is 0. The van der Waals surface area contributed by atoms with Crippen LogP contribution in [0.5, 0.6) is 0 Å². The van der Waals surface area contributed by atoms with Crippen molar-refractivity contribution in [2.75, 3.05) is 26.2 Å². The highest BCUT2D eigenvalue weighted by molar-refractivity contribution is 4.75. The summed E-state index contributed by atoms with van der Waals surface area (Å²) in [5.74, 6) is 0. The highest BCUT2D eigenvalue weighted by Crippen LogP contribution is 2.19. The van der Waals surface area contributed by atoms with Crippen molar-refractivity contribution >= 4 is 0 Å². The second kappa shape index (κ2) is 5.10. The van der Waals surface area contributed by atoms with Crippen LogP contribution in [0.4, 0.5) is 0 Å². The molecule has 14 heavy (non-hydrogen) atoms. The molecule has 0 radical (unpaired) electrons. The highest BCUT2D eigenvalue weighted by Gasteiger charge is 2.25. The first-order valence-corrected chi connectivity index (χ1v) is 5.88. The quantitative estimate of drug-likeness (QED) is 0.689. The molecular formula is C11H21NO2. The number of nitrogens with zero attached hydrogens (tertiary/aromatic N) is 1. The maximum atomic E-state index is 5.92. The predicted molar refractivity (Wildman–Crippen MR) is 55.2 cm³/mol. The summed E-state index contributed by atoms with van der Waals surface area (Å²) in [4.78, 5) is 2.44. The van der Waals surface area contributed by atoms with Gasteiger partial charge in [0.25, 0.3) is 0 Å². The van der Waals surface area contributed by atoms with Gasteiger partial charge in [0, 0.05) is 19.7 Å². The molecule has 0 bridgehead atoms. The molecule has 2 unspecified atom stereocenters. The van der Waals surface area contributed by atoms with Gasteiger partial charge in [-0.25, -0.2) is 0 Å². The van der Waals surface area contributed by atoms with Crippen LogP contribution in [0.1, 0.15) is 32.6 Å². The SMILES string of the molecule is CCN1CCC(OC2CCCCO2)C1. The zero-order chi connectivity index (χ0) is 9.80. The Balaban J connectivity index is 1.69. The molecule has 2 fully saturated rings. The summed E-state index contributed by atoms with van der Waals surface area (Å²) in [5.41, 5.74) is 0. The van der Waals surface area contributed by atoms with Crippen LogP contribution in [-0.2, 0) is 9.47 Å². The first-order valence-electron chi connectivity index (χ1n) is 5.88. The first kappa shape index (κ1) is 10.4. The van der Waals surface area contributed by atoms with Gasteiger partial charge in [-0.15, -0.1) is 0 Å². The molecule has 0 aromatic carbocycles. The molecular weight excluding hydrogens is 178 g/mol. The van der Waals surface area contributed by atoms with Crippen LogP contribution in [0.3, 0.4) is 0 Å². The number of hydrogen-bond donors (Lipinski definition) is 0. The molecule has 2 atom stereocenters. The Labute approximate surface area is 86.4 Å². The molecule has 0 N–H and O–H groups in total. The molecule has 0 amide bonds. The average molecular weight is 199 g/mol. The zero-order valence-electron chi connectivity index (χ0n) is 9.08. The summed E-state index contributed by atoms with van der Waals surface area (Å²) in [6.45, 7) is 6.52. The van der Waals surface area contributed by atoms with Crippen molar-refractivity contribution in [1.82, 2.24) is 4.90 Å². The van der Waals surface area contributed by atoms with Crippen molar-refractivity contribution in [2.24, 2.45) is 0 Å². The number of likely N-dealkylation sites (N-methyl/N-ethyl adjacent to an activating group) is 1. The Morgan fingerprint density at radius 2 is 2.29 bits per heavy atom. The van der Waals surface area contributed by atoms with Crippen molar-refractivity contribution in [3.63, 3.8) is 0 Å². The smallest absolute Gasteiger partial charge is 0.158 e. The van der Waals surface area contributed by atoms with E-state index in [-0.39, 0.29) is 6.29 Å². The van der Waals surface area contributed by atoms with E-state index in [0.29, 0.717) is 6.10 Å². The molecule has 3 nitrogen and oxygen atoms in total. The van der Waals surface area contributed by atoms with Gasteiger partial charge in [-0.05, 0) is 32.2 Å². The van der Waals surface area contributed by atoms with Crippen molar-refractivity contribution in [3.8, 4) is 0 Å². The van der Waals surface area contributed by atoms with Gasteiger partial charge in [0.15, 0.2) is 6.29 Å². The molecule has 2 saturated heterocycles. The lowest BCUT2D eigenvalue weighted by molar-refractivity contribution is -0.184. The average Bonchev–Trinajstić information content (AvgIpc) is 2.67.